The Hall–Kier alpha value is -2.17. The van der Waals surface area contributed by atoms with Gasteiger partial charge in [-0.2, -0.15) is 4.31 Å². The molecule has 1 aromatic carbocycles. The van der Waals surface area contributed by atoms with Crippen molar-refractivity contribution in [3.05, 3.63) is 28.7 Å². The van der Waals surface area contributed by atoms with Crippen LogP contribution in [0.3, 0.4) is 0 Å². The number of benzene rings is 1. The number of piperazine rings is 1. The standard InChI is InChI=1S/C15H21N5O4S/c1-10(9-16)14(21)19-4-6-20(7-5-19)25(23,24)11-2-3-12-13(8-11)18-15(22)17-12/h2-3,8,10H,4-7,9,16H2,1H3,(H2,17,18,22). The lowest BCUT2D eigenvalue weighted by atomic mass is 10.1. The normalized spacial score (nSPS) is 17.8. The SMILES string of the molecule is CC(CN)C(=O)N1CCN(S(=O)(=O)c2ccc3[nH]c(=O)[nH]c3c2)CC1. The summed E-state index contributed by atoms with van der Waals surface area (Å²) < 4.78 is 27.0. The van der Waals surface area contributed by atoms with E-state index >= 15 is 0 Å². The summed E-state index contributed by atoms with van der Waals surface area (Å²) in [5.74, 6) is -0.318. The van der Waals surface area contributed by atoms with E-state index in [1.54, 1.807) is 17.9 Å². The Balaban J connectivity index is 1.77. The van der Waals surface area contributed by atoms with Gasteiger partial charge in [0, 0.05) is 38.6 Å². The van der Waals surface area contributed by atoms with E-state index in [0.717, 1.165) is 0 Å². The third-order valence-electron chi connectivity index (χ3n) is 4.45. The highest BCUT2D eigenvalue weighted by Gasteiger charge is 2.31. The number of amides is 1. The van der Waals surface area contributed by atoms with Gasteiger partial charge in [-0.1, -0.05) is 6.92 Å². The van der Waals surface area contributed by atoms with Crippen LogP contribution in [0.2, 0.25) is 0 Å². The summed E-state index contributed by atoms with van der Waals surface area (Å²) in [4.78, 5) is 30.4. The lowest BCUT2D eigenvalue weighted by Crippen LogP contribution is -2.52. The number of H-pyrrole nitrogens is 2. The second-order valence-electron chi connectivity index (χ2n) is 6.15. The highest BCUT2D eigenvalue weighted by molar-refractivity contribution is 7.89. The Morgan fingerprint density at radius 1 is 1.20 bits per heavy atom. The average Bonchev–Trinajstić information content (AvgIpc) is 2.99. The zero-order valence-electron chi connectivity index (χ0n) is 13.9. The molecule has 0 bridgehead atoms. The number of carbonyl (C=O) groups is 1. The molecule has 1 aromatic heterocycles. The number of rotatable bonds is 4. The topological polar surface area (TPSA) is 132 Å². The van der Waals surface area contributed by atoms with Crippen LogP contribution < -0.4 is 11.4 Å². The molecule has 2 aromatic rings. The van der Waals surface area contributed by atoms with Crippen molar-refractivity contribution in [2.75, 3.05) is 32.7 Å². The van der Waals surface area contributed by atoms with Crippen molar-refractivity contribution in [1.82, 2.24) is 19.2 Å². The summed E-state index contributed by atoms with van der Waals surface area (Å²) in [6.45, 7) is 3.17. The number of fused-ring (bicyclic) bond motifs is 1. The van der Waals surface area contributed by atoms with Gasteiger partial charge in [0.15, 0.2) is 0 Å². The number of hydrogen-bond acceptors (Lipinski definition) is 5. The lowest BCUT2D eigenvalue weighted by Gasteiger charge is -2.35. The molecule has 3 rings (SSSR count). The van der Waals surface area contributed by atoms with E-state index < -0.39 is 10.0 Å². The van der Waals surface area contributed by atoms with Crippen LogP contribution in [0.4, 0.5) is 0 Å². The minimum Gasteiger partial charge on any atom is -0.340 e. The first-order valence-corrected chi connectivity index (χ1v) is 9.48. The average molecular weight is 367 g/mol. The second kappa shape index (κ2) is 6.62. The van der Waals surface area contributed by atoms with Crippen molar-refractivity contribution >= 4 is 27.0 Å². The zero-order chi connectivity index (χ0) is 18.2. The summed E-state index contributed by atoms with van der Waals surface area (Å²) in [6, 6.07) is 4.47. The Bertz CT molecular complexity index is 940. The van der Waals surface area contributed by atoms with Crippen molar-refractivity contribution in [3.8, 4) is 0 Å². The van der Waals surface area contributed by atoms with Gasteiger partial charge in [-0.15, -0.1) is 0 Å². The van der Waals surface area contributed by atoms with E-state index in [1.807, 2.05) is 0 Å². The minimum atomic E-state index is -3.68. The predicted molar refractivity (Wildman–Crippen MR) is 92.5 cm³/mol. The van der Waals surface area contributed by atoms with E-state index in [-0.39, 0.29) is 42.0 Å². The lowest BCUT2D eigenvalue weighted by molar-refractivity contribution is -0.135. The fourth-order valence-corrected chi connectivity index (χ4v) is 4.33. The van der Waals surface area contributed by atoms with Crippen LogP contribution in [0.15, 0.2) is 27.9 Å². The molecule has 0 saturated carbocycles. The monoisotopic (exact) mass is 367 g/mol. The van der Waals surface area contributed by atoms with Crippen LogP contribution in [-0.4, -0.2) is 66.2 Å². The second-order valence-corrected chi connectivity index (χ2v) is 8.09. The molecule has 1 saturated heterocycles. The molecule has 10 heteroatoms. The van der Waals surface area contributed by atoms with E-state index in [1.165, 1.54) is 16.4 Å². The molecular formula is C15H21N5O4S. The summed E-state index contributed by atoms with van der Waals surface area (Å²) in [7, 11) is -3.68. The van der Waals surface area contributed by atoms with Gasteiger partial charge in [-0.3, -0.25) is 4.79 Å². The third-order valence-corrected chi connectivity index (χ3v) is 6.35. The smallest absolute Gasteiger partial charge is 0.323 e. The molecule has 1 amide bonds. The third kappa shape index (κ3) is 3.32. The van der Waals surface area contributed by atoms with Gasteiger partial charge in [0.05, 0.1) is 15.9 Å². The summed E-state index contributed by atoms with van der Waals surface area (Å²) in [5, 5.41) is 0. The maximum Gasteiger partial charge on any atom is 0.323 e. The Morgan fingerprint density at radius 3 is 2.48 bits per heavy atom. The van der Waals surface area contributed by atoms with E-state index in [0.29, 0.717) is 24.1 Å². The van der Waals surface area contributed by atoms with E-state index in [9.17, 15) is 18.0 Å². The van der Waals surface area contributed by atoms with Crippen molar-refractivity contribution in [3.63, 3.8) is 0 Å². The molecule has 0 aliphatic carbocycles. The molecule has 1 fully saturated rings. The first-order valence-electron chi connectivity index (χ1n) is 8.04. The number of imidazole rings is 1. The van der Waals surface area contributed by atoms with Gasteiger partial charge in [-0.25, -0.2) is 13.2 Å². The Morgan fingerprint density at radius 2 is 1.84 bits per heavy atom. The maximum absolute atomic E-state index is 12.8. The molecule has 0 radical (unpaired) electrons. The van der Waals surface area contributed by atoms with Gasteiger partial charge < -0.3 is 20.6 Å². The Kier molecular flexibility index (Phi) is 4.67. The molecular weight excluding hydrogens is 346 g/mol. The Labute approximate surface area is 144 Å². The summed E-state index contributed by atoms with van der Waals surface area (Å²) in [6.07, 6.45) is 0. The molecule has 2 heterocycles. The largest absolute Gasteiger partial charge is 0.340 e. The minimum absolute atomic E-state index is 0.0501. The fourth-order valence-electron chi connectivity index (χ4n) is 2.88. The molecule has 1 aliphatic heterocycles. The van der Waals surface area contributed by atoms with Gasteiger partial charge in [0.1, 0.15) is 0 Å². The van der Waals surface area contributed by atoms with Crippen LogP contribution in [0, 0.1) is 5.92 Å². The number of carbonyl (C=O) groups excluding carboxylic acids is 1. The molecule has 25 heavy (non-hydrogen) atoms. The summed E-state index contributed by atoms with van der Waals surface area (Å²) in [5.41, 5.74) is 6.13. The molecule has 1 atom stereocenters. The number of aromatic nitrogens is 2. The molecule has 136 valence electrons. The van der Waals surface area contributed by atoms with Crippen molar-refractivity contribution in [2.24, 2.45) is 11.7 Å². The van der Waals surface area contributed by atoms with Crippen LogP contribution in [0.25, 0.3) is 11.0 Å². The van der Waals surface area contributed by atoms with Crippen molar-refractivity contribution in [1.29, 1.82) is 0 Å². The number of nitrogens with one attached hydrogen (secondary N) is 2. The highest BCUT2D eigenvalue weighted by Crippen LogP contribution is 2.21. The molecule has 0 spiro atoms. The number of aromatic amines is 2. The van der Waals surface area contributed by atoms with Crippen molar-refractivity contribution < 1.29 is 13.2 Å². The van der Waals surface area contributed by atoms with Gasteiger partial charge in [0.25, 0.3) is 0 Å². The number of sulfonamides is 1. The first-order chi connectivity index (χ1) is 11.8. The molecule has 1 aliphatic rings. The predicted octanol–water partition coefficient (Wildman–Crippen LogP) is -0.716. The number of nitrogens with two attached hydrogens (primary N) is 1. The van der Waals surface area contributed by atoms with Gasteiger partial charge in [0.2, 0.25) is 15.9 Å². The number of hydrogen-bond donors (Lipinski definition) is 3. The van der Waals surface area contributed by atoms with Crippen LogP contribution in [0.5, 0.6) is 0 Å². The van der Waals surface area contributed by atoms with Crippen LogP contribution >= 0.6 is 0 Å². The number of nitrogens with zero attached hydrogens (tertiary/aromatic N) is 2. The van der Waals surface area contributed by atoms with Gasteiger partial charge >= 0.3 is 5.69 Å². The highest BCUT2D eigenvalue weighted by atomic mass is 32.2. The van der Waals surface area contributed by atoms with Crippen LogP contribution in [0.1, 0.15) is 6.92 Å². The summed E-state index contributed by atoms with van der Waals surface area (Å²) >= 11 is 0. The van der Waals surface area contributed by atoms with Gasteiger partial charge in [-0.05, 0) is 18.2 Å². The fraction of sp³-hybridized carbons (Fsp3) is 0.467. The van der Waals surface area contributed by atoms with Crippen molar-refractivity contribution in [2.45, 2.75) is 11.8 Å². The molecule has 9 nitrogen and oxygen atoms in total. The first kappa shape index (κ1) is 17.6. The van der Waals surface area contributed by atoms with E-state index in [2.05, 4.69) is 9.97 Å². The molecule has 4 N–H and O–H groups in total. The zero-order valence-corrected chi connectivity index (χ0v) is 14.7. The van der Waals surface area contributed by atoms with E-state index in [4.69, 9.17) is 5.73 Å². The van der Waals surface area contributed by atoms with Crippen LogP contribution in [-0.2, 0) is 14.8 Å². The quantitative estimate of drug-likeness (QED) is 0.656. The molecule has 1 unspecified atom stereocenters. The maximum atomic E-state index is 12.8.